The van der Waals surface area contributed by atoms with Crippen LogP contribution < -0.4 is 10.0 Å². The van der Waals surface area contributed by atoms with Crippen LogP contribution in [-0.4, -0.2) is 55.6 Å². The minimum Gasteiger partial charge on any atom is -0.480 e. The van der Waals surface area contributed by atoms with Crippen LogP contribution in [0.5, 0.6) is 0 Å². The van der Waals surface area contributed by atoms with Crippen LogP contribution in [0.4, 0.5) is 11.4 Å². The highest BCUT2D eigenvalue weighted by Gasteiger charge is 2.22. The maximum absolute atomic E-state index is 12.7. The Morgan fingerprint density at radius 3 is 2.36 bits per heavy atom. The molecule has 0 aliphatic heterocycles. The third-order valence-corrected chi connectivity index (χ3v) is 3.56. The Hall–Kier alpha value is -2.62. The van der Waals surface area contributed by atoms with Crippen molar-refractivity contribution in [3.8, 4) is 0 Å². The van der Waals surface area contributed by atoms with Crippen LogP contribution in [0.25, 0.3) is 0 Å². The largest absolute Gasteiger partial charge is 0.480 e. The molecular weight excluding hydrogens is 350 g/mol. The number of hydrogen-bond acceptors (Lipinski definition) is 5. The number of benzene rings is 1. The van der Waals surface area contributed by atoms with Crippen molar-refractivity contribution >= 4 is 39.2 Å². The van der Waals surface area contributed by atoms with E-state index < -0.39 is 28.4 Å². The maximum Gasteiger partial charge on any atom is 0.323 e. The highest BCUT2D eigenvalue weighted by molar-refractivity contribution is 7.92. The predicted molar refractivity (Wildman–Crippen MR) is 93.0 cm³/mol. The third kappa shape index (κ3) is 6.79. The fraction of sp³-hybridized carbons (Fsp3) is 0.400. The summed E-state index contributed by atoms with van der Waals surface area (Å²) in [5.41, 5.74) is 0.251. The van der Waals surface area contributed by atoms with E-state index in [9.17, 15) is 22.8 Å². The zero-order valence-electron chi connectivity index (χ0n) is 14.2. The molecule has 0 aliphatic rings. The molecule has 10 heteroatoms. The lowest BCUT2D eigenvalue weighted by atomic mass is 10.1. The molecule has 0 unspecified atom stereocenters. The van der Waals surface area contributed by atoms with Gasteiger partial charge in [-0.1, -0.05) is 6.92 Å². The fourth-order valence-corrected chi connectivity index (χ4v) is 2.72. The Labute approximate surface area is 146 Å². The van der Waals surface area contributed by atoms with Gasteiger partial charge in [0.1, 0.15) is 6.54 Å². The molecule has 1 aromatic carbocycles. The number of rotatable bonds is 8. The molecule has 0 bridgehead atoms. The summed E-state index contributed by atoms with van der Waals surface area (Å²) in [5.74, 6) is -2.20. The number of nitrogens with zero attached hydrogens (tertiary/aromatic N) is 1. The van der Waals surface area contributed by atoms with Crippen molar-refractivity contribution in [2.24, 2.45) is 0 Å². The lowest BCUT2D eigenvalue weighted by molar-refractivity contribution is -0.137. The van der Waals surface area contributed by atoms with Crippen molar-refractivity contribution in [3.05, 3.63) is 23.8 Å². The van der Waals surface area contributed by atoms with Gasteiger partial charge in [0.15, 0.2) is 0 Å². The summed E-state index contributed by atoms with van der Waals surface area (Å²) < 4.78 is 25.2. The van der Waals surface area contributed by atoms with E-state index in [1.807, 2.05) is 0 Å². The van der Waals surface area contributed by atoms with Gasteiger partial charge in [-0.3, -0.25) is 19.1 Å². The minimum atomic E-state index is -3.65. The molecule has 2 amide bonds. The zero-order valence-corrected chi connectivity index (χ0v) is 15.0. The first-order chi connectivity index (χ1) is 11.5. The number of anilines is 2. The number of aliphatic carboxylic acids is 1. The van der Waals surface area contributed by atoms with E-state index in [4.69, 9.17) is 5.11 Å². The molecule has 0 saturated heterocycles. The third-order valence-electron chi connectivity index (χ3n) is 2.97. The van der Waals surface area contributed by atoms with Crippen LogP contribution in [0.2, 0.25) is 0 Å². The Bertz CT molecular complexity index is 775. The van der Waals surface area contributed by atoms with Crippen molar-refractivity contribution < 1.29 is 27.9 Å². The Kier molecular flexibility index (Phi) is 6.92. The molecule has 0 fully saturated rings. The molecular formula is C15H21N3O6S. The molecule has 0 spiro atoms. The topological polar surface area (TPSA) is 133 Å². The summed E-state index contributed by atoms with van der Waals surface area (Å²) in [6.45, 7) is 2.74. The molecule has 0 aromatic heterocycles. The molecule has 0 saturated carbocycles. The molecule has 138 valence electrons. The lowest BCUT2D eigenvalue weighted by Crippen LogP contribution is -2.36. The standard InChI is InChI=1S/C15H21N3O6S/c1-4-7-18(9-14(20)21)15(22)12-8-11(16-10(2)19)5-6-13(12)17-25(3,23)24/h5-6,8,17H,4,7,9H2,1-3H3,(H,16,19)(H,20,21). The Morgan fingerprint density at radius 1 is 1.24 bits per heavy atom. The monoisotopic (exact) mass is 371 g/mol. The van der Waals surface area contributed by atoms with Gasteiger partial charge in [0.05, 0.1) is 17.5 Å². The number of sulfonamides is 1. The normalized spacial score (nSPS) is 10.8. The van der Waals surface area contributed by atoms with Crippen molar-refractivity contribution in [1.29, 1.82) is 0 Å². The van der Waals surface area contributed by atoms with Crippen LogP contribution in [0.3, 0.4) is 0 Å². The van der Waals surface area contributed by atoms with E-state index >= 15 is 0 Å². The van der Waals surface area contributed by atoms with Gasteiger partial charge in [0, 0.05) is 19.2 Å². The van der Waals surface area contributed by atoms with Gasteiger partial charge in [-0.2, -0.15) is 0 Å². The highest BCUT2D eigenvalue weighted by atomic mass is 32.2. The van der Waals surface area contributed by atoms with E-state index in [1.54, 1.807) is 6.92 Å². The van der Waals surface area contributed by atoms with Crippen molar-refractivity contribution in [1.82, 2.24) is 4.90 Å². The second kappa shape index (κ2) is 8.47. The number of amides is 2. The average Bonchev–Trinajstić information content (AvgIpc) is 2.45. The van der Waals surface area contributed by atoms with Crippen molar-refractivity contribution in [3.63, 3.8) is 0 Å². The zero-order chi connectivity index (χ0) is 19.2. The minimum absolute atomic E-state index is 0.00749. The maximum atomic E-state index is 12.7. The Morgan fingerprint density at radius 2 is 1.88 bits per heavy atom. The van der Waals surface area contributed by atoms with Crippen LogP contribution in [0.1, 0.15) is 30.6 Å². The quantitative estimate of drug-likeness (QED) is 0.623. The van der Waals surface area contributed by atoms with Gasteiger partial charge in [-0.15, -0.1) is 0 Å². The van der Waals surface area contributed by atoms with E-state index in [2.05, 4.69) is 10.0 Å². The van der Waals surface area contributed by atoms with Gasteiger partial charge in [0.25, 0.3) is 5.91 Å². The lowest BCUT2D eigenvalue weighted by Gasteiger charge is -2.22. The summed E-state index contributed by atoms with van der Waals surface area (Å²) in [6.07, 6.45) is 1.46. The van der Waals surface area contributed by atoms with E-state index in [-0.39, 0.29) is 23.7 Å². The molecule has 25 heavy (non-hydrogen) atoms. The van der Waals surface area contributed by atoms with Crippen LogP contribution in [0.15, 0.2) is 18.2 Å². The molecule has 0 atom stereocenters. The predicted octanol–water partition coefficient (Wildman–Crippen LogP) is 0.953. The number of hydrogen-bond donors (Lipinski definition) is 3. The number of nitrogens with one attached hydrogen (secondary N) is 2. The van der Waals surface area contributed by atoms with Gasteiger partial charge >= 0.3 is 5.97 Å². The average molecular weight is 371 g/mol. The van der Waals surface area contributed by atoms with Gasteiger partial charge in [0.2, 0.25) is 15.9 Å². The highest BCUT2D eigenvalue weighted by Crippen LogP contribution is 2.23. The number of carbonyl (C=O) groups is 3. The summed E-state index contributed by atoms with van der Waals surface area (Å²) in [5, 5.41) is 11.5. The first kappa shape index (κ1) is 20.4. The summed E-state index contributed by atoms with van der Waals surface area (Å²) in [6, 6.07) is 4.08. The van der Waals surface area contributed by atoms with E-state index in [1.165, 1.54) is 25.1 Å². The van der Waals surface area contributed by atoms with Crippen LogP contribution in [0, 0.1) is 0 Å². The van der Waals surface area contributed by atoms with E-state index in [0.717, 1.165) is 11.2 Å². The summed E-state index contributed by atoms with van der Waals surface area (Å²) >= 11 is 0. The van der Waals surface area contributed by atoms with E-state index in [0.29, 0.717) is 12.1 Å². The molecule has 1 aromatic rings. The Balaban J connectivity index is 3.35. The molecule has 0 aliphatic carbocycles. The van der Waals surface area contributed by atoms with Gasteiger partial charge in [-0.05, 0) is 24.6 Å². The smallest absolute Gasteiger partial charge is 0.323 e. The van der Waals surface area contributed by atoms with Crippen LogP contribution >= 0.6 is 0 Å². The number of carboxylic acids is 1. The molecule has 0 radical (unpaired) electrons. The van der Waals surface area contributed by atoms with Gasteiger partial charge < -0.3 is 15.3 Å². The van der Waals surface area contributed by atoms with Crippen molar-refractivity contribution in [2.75, 3.05) is 29.4 Å². The summed E-state index contributed by atoms with van der Waals surface area (Å²) in [7, 11) is -3.65. The number of carboxylic acid groups (broad SMARTS) is 1. The SMILES string of the molecule is CCCN(CC(=O)O)C(=O)c1cc(NC(C)=O)ccc1NS(C)(=O)=O. The second-order valence-corrected chi connectivity index (χ2v) is 7.18. The molecule has 0 heterocycles. The second-order valence-electron chi connectivity index (χ2n) is 5.44. The number of carbonyl (C=O) groups excluding carboxylic acids is 2. The summed E-state index contributed by atoms with van der Waals surface area (Å²) in [4.78, 5) is 36.0. The van der Waals surface area contributed by atoms with Crippen LogP contribution in [-0.2, 0) is 19.6 Å². The molecule has 9 nitrogen and oxygen atoms in total. The fourth-order valence-electron chi connectivity index (χ4n) is 2.15. The first-order valence-electron chi connectivity index (χ1n) is 7.44. The first-order valence-corrected chi connectivity index (χ1v) is 9.33. The molecule has 1 rings (SSSR count). The molecule has 3 N–H and O–H groups in total. The van der Waals surface area contributed by atoms with Crippen molar-refractivity contribution in [2.45, 2.75) is 20.3 Å². The van der Waals surface area contributed by atoms with Gasteiger partial charge in [-0.25, -0.2) is 8.42 Å².